The predicted octanol–water partition coefficient (Wildman–Crippen LogP) is 5.40. The van der Waals surface area contributed by atoms with E-state index in [0.717, 1.165) is 34.4 Å². The van der Waals surface area contributed by atoms with Crippen molar-refractivity contribution in [1.29, 1.82) is 0 Å². The molecule has 1 aliphatic rings. The van der Waals surface area contributed by atoms with Gasteiger partial charge in [0.2, 0.25) is 5.91 Å². The van der Waals surface area contributed by atoms with Crippen LogP contribution in [0, 0.1) is 0 Å². The Morgan fingerprint density at radius 2 is 1.82 bits per heavy atom. The van der Waals surface area contributed by atoms with Crippen molar-refractivity contribution in [3.63, 3.8) is 0 Å². The summed E-state index contributed by atoms with van der Waals surface area (Å²) in [5, 5.41) is 9.05. The van der Waals surface area contributed by atoms with E-state index >= 15 is 0 Å². The van der Waals surface area contributed by atoms with Crippen LogP contribution in [0.1, 0.15) is 39.4 Å². The van der Waals surface area contributed by atoms with Crippen LogP contribution >= 0.6 is 11.3 Å². The van der Waals surface area contributed by atoms with Gasteiger partial charge in [0.1, 0.15) is 4.88 Å². The van der Waals surface area contributed by atoms with E-state index in [4.69, 9.17) is 5.11 Å². The average Bonchev–Trinajstić information content (AvgIpc) is 3.46. The van der Waals surface area contributed by atoms with Crippen molar-refractivity contribution >= 4 is 29.0 Å². The van der Waals surface area contributed by atoms with Crippen LogP contribution in [0.3, 0.4) is 0 Å². The highest BCUT2D eigenvalue weighted by Crippen LogP contribution is 2.23. The molecule has 1 saturated heterocycles. The second-order valence-corrected chi connectivity index (χ2v) is 9.60. The van der Waals surface area contributed by atoms with E-state index in [1.807, 2.05) is 59.5 Å². The number of likely N-dealkylation sites (tertiary alicyclic amines) is 1. The standard InChI is InChI=1S/C28H27NO4S/c30-24(19-20-6-4-9-22(18-20)21-7-2-1-3-8-21)13-11-23-12-16-27(31)29(23)17-5-10-25-14-15-26(34-25)28(32)33/h1-4,6-9,11,13-15,18,23H,5,10,12,16-17,19H2,(H,32,33)/t23-/m0/s1. The van der Waals surface area contributed by atoms with Crippen molar-refractivity contribution in [2.24, 2.45) is 0 Å². The Labute approximate surface area is 203 Å². The molecule has 1 N–H and O–H groups in total. The molecule has 0 spiro atoms. The topological polar surface area (TPSA) is 74.7 Å². The van der Waals surface area contributed by atoms with Crippen molar-refractivity contribution in [2.45, 2.75) is 38.1 Å². The predicted molar refractivity (Wildman–Crippen MR) is 134 cm³/mol. The first kappa shape index (κ1) is 23.6. The van der Waals surface area contributed by atoms with E-state index in [0.29, 0.717) is 30.7 Å². The number of carboxylic acid groups (broad SMARTS) is 1. The van der Waals surface area contributed by atoms with Gasteiger partial charge in [-0.05, 0) is 54.2 Å². The summed E-state index contributed by atoms with van der Waals surface area (Å²) in [5.41, 5.74) is 3.17. The number of hydrogen-bond donors (Lipinski definition) is 1. The van der Waals surface area contributed by atoms with Gasteiger partial charge >= 0.3 is 5.97 Å². The van der Waals surface area contributed by atoms with Gasteiger partial charge in [0.25, 0.3) is 0 Å². The van der Waals surface area contributed by atoms with Gasteiger partial charge in [0, 0.05) is 24.3 Å². The number of carbonyl (C=O) groups is 3. The molecule has 0 bridgehead atoms. The summed E-state index contributed by atoms with van der Waals surface area (Å²) in [6.45, 7) is 0.599. The maximum atomic E-state index is 12.6. The monoisotopic (exact) mass is 473 g/mol. The number of aromatic carboxylic acids is 1. The Morgan fingerprint density at radius 1 is 1.03 bits per heavy atom. The van der Waals surface area contributed by atoms with Crippen LogP contribution in [0.25, 0.3) is 11.1 Å². The zero-order chi connectivity index (χ0) is 23.9. The molecule has 0 aliphatic carbocycles. The third-order valence-electron chi connectivity index (χ3n) is 5.99. The zero-order valence-corrected chi connectivity index (χ0v) is 19.7. The van der Waals surface area contributed by atoms with Crippen LogP contribution in [-0.2, 0) is 22.4 Å². The van der Waals surface area contributed by atoms with Crippen LogP contribution in [-0.4, -0.2) is 40.3 Å². The summed E-state index contributed by atoms with van der Waals surface area (Å²) in [4.78, 5) is 39.2. The van der Waals surface area contributed by atoms with E-state index in [-0.39, 0.29) is 17.7 Å². The first-order chi connectivity index (χ1) is 16.5. The first-order valence-corrected chi connectivity index (χ1v) is 12.3. The number of carbonyl (C=O) groups excluding carboxylic acids is 2. The van der Waals surface area contributed by atoms with Crippen molar-refractivity contribution in [2.75, 3.05) is 6.54 Å². The lowest BCUT2D eigenvalue weighted by Crippen LogP contribution is -2.33. The average molecular weight is 474 g/mol. The number of amides is 1. The van der Waals surface area contributed by atoms with Gasteiger partial charge in [-0.3, -0.25) is 9.59 Å². The molecule has 0 radical (unpaired) electrons. The summed E-state index contributed by atoms with van der Waals surface area (Å²) >= 11 is 1.28. The van der Waals surface area contributed by atoms with Crippen LogP contribution in [0.4, 0.5) is 0 Å². The van der Waals surface area contributed by atoms with Crippen LogP contribution in [0.15, 0.2) is 78.9 Å². The number of carboxylic acids is 1. The highest BCUT2D eigenvalue weighted by atomic mass is 32.1. The van der Waals surface area contributed by atoms with Crippen LogP contribution < -0.4 is 0 Å². The Balaban J connectivity index is 1.31. The normalized spacial score (nSPS) is 15.8. The number of hydrogen-bond acceptors (Lipinski definition) is 4. The molecule has 2 aromatic carbocycles. The molecule has 5 nitrogen and oxygen atoms in total. The van der Waals surface area contributed by atoms with Crippen LogP contribution in [0.5, 0.6) is 0 Å². The number of aryl methyl sites for hydroxylation is 1. The molecule has 174 valence electrons. The molecular weight excluding hydrogens is 446 g/mol. The third-order valence-corrected chi connectivity index (χ3v) is 7.12. The molecule has 4 rings (SSSR count). The van der Waals surface area contributed by atoms with Gasteiger partial charge in [-0.2, -0.15) is 0 Å². The molecule has 6 heteroatoms. The SMILES string of the molecule is O=C(C=C[C@H]1CCC(=O)N1CCCc1ccc(C(=O)O)s1)Cc1cccc(-c2ccccc2)c1. The zero-order valence-electron chi connectivity index (χ0n) is 18.9. The van der Waals surface area contributed by atoms with Gasteiger partial charge in [0.15, 0.2) is 5.78 Å². The van der Waals surface area contributed by atoms with E-state index in [1.54, 1.807) is 12.1 Å². The van der Waals surface area contributed by atoms with Gasteiger partial charge in [-0.25, -0.2) is 4.79 Å². The summed E-state index contributed by atoms with van der Waals surface area (Å²) in [6.07, 6.45) is 6.50. The highest BCUT2D eigenvalue weighted by molar-refractivity contribution is 7.13. The number of thiophene rings is 1. The summed E-state index contributed by atoms with van der Waals surface area (Å²) < 4.78 is 0. The molecular formula is C28H27NO4S. The molecule has 3 aromatic rings. The third kappa shape index (κ3) is 6.08. The second kappa shape index (κ2) is 11.1. The minimum absolute atomic E-state index is 0.0179. The largest absolute Gasteiger partial charge is 0.477 e. The Bertz CT molecular complexity index is 1200. The molecule has 34 heavy (non-hydrogen) atoms. The second-order valence-electron chi connectivity index (χ2n) is 8.44. The van der Waals surface area contributed by atoms with Gasteiger partial charge < -0.3 is 10.0 Å². The quantitative estimate of drug-likeness (QED) is 0.400. The lowest BCUT2D eigenvalue weighted by atomic mass is 10.0. The molecule has 1 fully saturated rings. The minimum Gasteiger partial charge on any atom is -0.477 e. The number of ketones is 1. The number of allylic oxidation sites excluding steroid dienone is 1. The smallest absolute Gasteiger partial charge is 0.345 e. The van der Waals surface area contributed by atoms with E-state index in [9.17, 15) is 14.4 Å². The molecule has 1 aliphatic heterocycles. The maximum Gasteiger partial charge on any atom is 0.345 e. The highest BCUT2D eigenvalue weighted by Gasteiger charge is 2.28. The van der Waals surface area contributed by atoms with E-state index in [1.165, 1.54) is 11.3 Å². The van der Waals surface area contributed by atoms with E-state index in [2.05, 4.69) is 12.1 Å². The summed E-state index contributed by atoms with van der Waals surface area (Å²) in [6, 6.07) is 21.5. The Hall–Kier alpha value is -3.51. The molecule has 1 amide bonds. The fourth-order valence-corrected chi connectivity index (χ4v) is 5.16. The number of nitrogens with zero attached hydrogens (tertiary/aromatic N) is 1. The summed E-state index contributed by atoms with van der Waals surface area (Å²) in [5.74, 6) is -0.785. The van der Waals surface area contributed by atoms with Gasteiger partial charge in [-0.1, -0.05) is 60.7 Å². The fourth-order valence-electron chi connectivity index (χ4n) is 4.27. The fraction of sp³-hybridized carbons (Fsp3) is 0.250. The van der Waals surface area contributed by atoms with Gasteiger partial charge in [-0.15, -0.1) is 11.3 Å². The molecule has 2 heterocycles. The van der Waals surface area contributed by atoms with Crippen molar-refractivity contribution in [1.82, 2.24) is 4.90 Å². The first-order valence-electron chi connectivity index (χ1n) is 11.5. The molecule has 0 unspecified atom stereocenters. The lowest BCUT2D eigenvalue weighted by molar-refractivity contribution is -0.128. The molecule has 0 saturated carbocycles. The van der Waals surface area contributed by atoms with Crippen molar-refractivity contribution < 1.29 is 19.5 Å². The Morgan fingerprint density at radius 3 is 2.59 bits per heavy atom. The van der Waals surface area contributed by atoms with Crippen molar-refractivity contribution in [3.05, 3.63) is 94.2 Å². The van der Waals surface area contributed by atoms with Gasteiger partial charge in [0.05, 0.1) is 6.04 Å². The number of rotatable bonds is 10. The lowest BCUT2D eigenvalue weighted by Gasteiger charge is -2.22. The van der Waals surface area contributed by atoms with E-state index < -0.39 is 5.97 Å². The van der Waals surface area contributed by atoms with Crippen molar-refractivity contribution in [3.8, 4) is 11.1 Å². The molecule has 1 atom stereocenters. The molecule has 1 aromatic heterocycles. The maximum absolute atomic E-state index is 12.6. The number of benzene rings is 2. The van der Waals surface area contributed by atoms with Crippen LogP contribution in [0.2, 0.25) is 0 Å². The minimum atomic E-state index is -0.910. The summed E-state index contributed by atoms with van der Waals surface area (Å²) in [7, 11) is 0. The Kier molecular flexibility index (Phi) is 7.70.